The summed E-state index contributed by atoms with van der Waals surface area (Å²) < 4.78 is 4.86. The van der Waals surface area contributed by atoms with Crippen molar-refractivity contribution < 1.29 is 14.3 Å². The van der Waals surface area contributed by atoms with Gasteiger partial charge in [0.2, 0.25) is 11.8 Å². The summed E-state index contributed by atoms with van der Waals surface area (Å²) in [6.07, 6.45) is 0. The Balaban J connectivity index is 2.54. The monoisotopic (exact) mass is 258 g/mol. The summed E-state index contributed by atoms with van der Waals surface area (Å²) in [4.78, 5) is 25.1. The Morgan fingerprint density at radius 2 is 2.33 bits per heavy atom. The number of rotatable bonds is 6. The lowest BCUT2D eigenvalue weighted by atomic mass is 10.1. The third-order valence-corrected chi connectivity index (χ3v) is 3.10. The average Bonchev–Trinajstić information content (AvgIpc) is 2.38. The molecule has 4 N–H and O–H groups in total. The summed E-state index contributed by atoms with van der Waals surface area (Å²) in [6.45, 7) is 4.59. The minimum atomic E-state index is -0.429. The first-order valence-electron chi connectivity index (χ1n) is 6.10. The Morgan fingerprint density at radius 1 is 1.61 bits per heavy atom. The Labute approximate surface area is 107 Å². The van der Waals surface area contributed by atoms with Crippen molar-refractivity contribution in [2.45, 2.75) is 19.0 Å². The summed E-state index contributed by atoms with van der Waals surface area (Å²) in [6, 6.07) is -0.802. The van der Waals surface area contributed by atoms with Crippen LogP contribution in [-0.4, -0.2) is 68.7 Å². The number of nitrogens with two attached hydrogens (primary N) is 1. The zero-order valence-electron chi connectivity index (χ0n) is 10.9. The van der Waals surface area contributed by atoms with Crippen LogP contribution in [0.2, 0.25) is 0 Å². The maximum absolute atomic E-state index is 11.9. The number of carbonyl (C=O) groups excluding carboxylic acids is 2. The molecule has 0 radical (unpaired) electrons. The van der Waals surface area contributed by atoms with E-state index < -0.39 is 11.9 Å². The molecule has 0 bridgehead atoms. The Hall–Kier alpha value is -1.18. The zero-order chi connectivity index (χ0) is 13.5. The fourth-order valence-electron chi connectivity index (χ4n) is 2.02. The fourth-order valence-corrected chi connectivity index (χ4v) is 2.02. The molecule has 1 fully saturated rings. The second-order valence-electron chi connectivity index (χ2n) is 4.32. The SMILES string of the molecule is COCCNC(=O)C(C)N1CCNCC1C(N)=O. The molecule has 104 valence electrons. The van der Waals surface area contributed by atoms with Gasteiger partial charge in [-0.3, -0.25) is 14.5 Å². The number of ether oxygens (including phenoxy) is 1. The molecule has 18 heavy (non-hydrogen) atoms. The van der Waals surface area contributed by atoms with Gasteiger partial charge in [-0.25, -0.2) is 0 Å². The van der Waals surface area contributed by atoms with Gasteiger partial charge in [0.05, 0.1) is 12.6 Å². The van der Waals surface area contributed by atoms with Gasteiger partial charge in [0, 0.05) is 33.3 Å². The van der Waals surface area contributed by atoms with E-state index in [2.05, 4.69) is 10.6 Å². The van der Waals surface area contributed by atoms with E-state index in [1.165, 1.54) is 0 Å². The third-order valence-electron chi connectivity index (χ3n) is 3.10. The third kappa shape index (κ3) is 3.94. The zero-order valence-corrected chi connectivity index (χ0v) is 10.9. The number of nitrogens with one attached hydrogen (secondary N) is 2. The van der Waals surface area contributed by atoms with E-state index in [0.717, 1.165) is 6.54 Å². The van der Waals surface area contributed by atoms with Crippen molar-refractivity contribution >= 4 is 11.8 Å². The lowest BCUT2D eigenvalue weighted by molar-refractivity contribution is -0.131. The Bertz CT molecular complexity index is 298. The molecule has 0 aromatic rings. The number of piperazine rings is 1. The van der Waals surface area contributed by atoms with E-state index in [1.54, 1.807) is 14.0 Å². The van der Waals surface area contributed by atoms with Gasteiger partial charge in [-0.15, -0.1) is 0 Å². The van der Waals surface area contributed by atoms with Crippen LogP contribution >= 0.6 is 0 Å². The van der Waals surface area contributed by atoms with Crippen LogP contribution in [0.25, 0.3) is 0 Å². The van der Waals surface area contributed by atoms with Gasteiger partial charge in [0.15, 0.2) is 0 Å². The maximum Gasteiger partial charge on any atom is 0.237 e. The summed E-state index contributed by atoms with van der Waals surface area (Å²) in [5, 5.41) is 5.86. The van der Waals surface area contributed by atoms with Gasteiger partial charge in [0.25, 0.3) is 0 Å². The highest BCUT2D eigenvalue weighted by molar-refractivity contribution is 5.84. The number of amides is 2. The predicted molar refractivity (Wildman–Crippen MR) is 66.9 cm³/mol. The number of methoxy groups -OCH3 is 1. The second kappa shape index (κ2) is 7.30. The molecule has 0 spiro atoms. The highest BCUT2D eigenvalue weighted by atomic mass is 16.5. The topological polar surface area (TPSA) is 96.7 Å². The normalized spacial score (nSPS) is 22.4. The molecular weight excluding hydrogens is 236 g/mol. The molecule has 1 aliphatic heterocycles. The van der Waals surface area contributed by atoms with E-state index in [4.69, 9.17) is 10.5 Å². The van der Waals surface area contributed by atoms with Crippen molar-refractivity contribution in [2.24, 2.45) is 5.73 Å². The first kappa shape index (κ1) is 14.9. The average molecular weight is 258 g/mol. The van der Waals surface area contributed by atoms with E-state index in [0.29, 0.717) is 26.2 Å². The molecule has 1 rings (SSSR count). The lowest BCUT2D eigenvalue weighted by Gasteiger charge is -2.37. The Kier molecular flexibility index (Phi) is 6.03. The van der Waals surface area contributed by atoms with Crippen molar-refractivity contribution in [3.8, 4) is 0 Å². The van der Waals surface area contributed by atoms with E-state index in [9.17, 15) is 9.59 Å². The molecule has 1 heterocycles. The Morgan fingerprint density at radius 3 is 2.94 bits per heavy atom. The predicted octanol–water partition coefficient (Wildman–Crippen LogP) is -2.10. The standard InChI is InChI=1S/C11H22N4O3/c1-8(11(17)14-4-6-18-2)15-5-3-13-7-9(15)10(12)16/h8-9,13H,3-7H2,1-2H3,(H2,12,16)(H,14,17). The van der Waals surface area contributed by atoms with E-state index >= 15 is 0 Å². The highest BCUT2D eigenvalue weighted by Crippen LogP contribution is 2.08. The van der Waals surface area contributed by atoms with E-state index in [1.807, 2.05) is 4.90 Å². The molecule has 2 unspecified atom stereocenters. The van der Waals surface area contributed by atoms with Gasteiger partial charge in [-0.05, 0) is 6.92 Å². The molecule has 1 saturated heterocycles. The van der Waals surface area contributed by atoms with Crippen molar-refractivity contribution in [1.82, 2.24) is 15.5 Å². The summed E-state index contributed by atoms with van der Waals surface area (Å²) in [5.41, 5.74) is 5.34. The molecular formula is C11H22N4O3. The van der Waals surface area contributed by atoms with Crippen LogP contribution in [-0.2, 0) is 14.3 Å². The first-order chi connectivity index (χ1) is 8.57. The largest absolute Gasteiger partial charge is 0.383 e. The number of nitrogens with zero attached hydrogens (tertiary/aromatic N) is 1. The van der Waals surface area contributed by atoms with Crippen LogP contribution in [0.4, 0.5) is 0 Å². The van der Waals surface area contributed by atoms with Crippen molar-refractivity contribution in [1.29, 1.82) is 0 Å². The first-order valence-corrected chi connectivity index (χ1v) is 6.10. The van der Waals surface area contributed by atoms with Crippen LogP contribution in [0.1, 0.15) is 6.92 Å². The quantitative estimate of drug-likeness (QED) is 0.474. The van der Waals surface area contributed by atoms with Crippen molar-refractivity contribution in [3.63, 3.8) is 0 Å². The van der Waals surface area contributed by atoms with Gasteiger partial charge in [-0.2, -0.15) is 0 Å². The number of hydrogen-bond acceptors (Lipinski definition) is 5. The molecule has 0 aromatic heterocycles. The lowest BCUT2D eigenvalue weighted by Crippen LogP contribution is -2.62. The van der Waals surface area contributed by atoms with Crippen LogP contribution in [0, 0.1) is 0 Å². The molecule has 1 aliphatic rings. The van der Waals surface area contributed by atoms with Crippen LogP contribution < -0.4 is 16.4 Å². The maximum atomic E-state index is 11.9. The molecule has 0 aromatic carbocycles. The van der Waals surface area contributed by atoms with Gasteiger partial charge >= 0.3 is 0 Å². The van der Waals surface area contributed by atoms with Gasteiger partial charge in [-0.1, -0.05) is 0 Å². The molecule has 0 saturated carbocycles. The number of hydrogen-bond donors (Lipinski definition) is 3. The van der Waals surface area contributed by atoms with Crippen molar-refractivity contribution in [3.05, 3.63) is 0 Å². The van der Waals surface area contributed by atoms with Crippen LogP contribution in [0.15, 0.2) is 0 Å². The fraction of sp³-hybridized carbons (Fsp3) is 0.818. The number of carbonyl (C=O) groups is 2. The second-order valence-corrected chi connectivity index (χ2v) is 4.32. The van der Waals surface area contributed by atoms with Gasteiger partial charge in [0.1, 0.15) is 6.04 Å². The summed E-state index contributed by atoms with van der Waals surface area (Å²) >= 11 is 0. The molecule has 2 atom stereocenters. The minimum absolute atomic E-state index is 0.111. The molecule has 2 amide bonds. The summed E-state index contributed by atoms with van der Waals surface area (Å²) in [5.74, 6) is -0.515. The molecule has 0 aliphatic carbocycles. The molecule has 7 heteroatoms. The van der Waals surface area contributed by atoms with E-state index in [-0.39, 0.29) is 11.9 Å². The van der Waals surface area contributed by atoms with Crippen LogP contribution in [0.5, 0.6) is 0 Å². The smallest absolute Gasteiger partial charge is 0.237 e. The highest BCUT2D eigenvalue weighted by Gasteiger charge is 2.33. The van der Waals surface area contributed by atoms with Gasteiger partial charge < -0.3 is 21.1 Å². The van der Waals surface area contributed by atoms with Crippen LogP contribution in [0.3, 0.4) is 0 Å². The van der Waals surface area contributed by atoms with Crippen molar-refractivity contribution in [2.75, 3.05) is 39.9 Å². The minimum Gasteiger partial charge on any atom is -0.383 e. The summed E-state index contributed by atoms with van der Waals surface area (Å²) in [7, 11) is 1.58. The number of primary amides is 1. The molecule has 7 nitrogen and oxygen atoms in total.